The predicted molar refractivity (Wildman–Crippen MR) is 118 cm³/mol. The number of aromatic nitrogens is 4. The quantitative estimate of drug-likeness (QED) is 0.475. The summed E-state index contributed by atoms with van der Waals surface area (Å²) < 4.78 is 12.5. The van der Waals surface area contributed by atoms with Crippen LogP contribution in [-0.2, 0) is 12.6 Å². The van der Waals surface area contributed by atoms with E-state index in [1.807, 2.05) is 43.6 Å². The third-order valence-corrected chi connectivity index (χ3v) is 5.28. The molecule has 0 aliphatic rings. The first kappa shape index (κ1) is 20.8. The minimum Gasteiger partial charge on any atom is -0.497 e. The van der Waals surface area contributed by atoms with Crippen molar-refractivity contribution in [3.05, 3.63) is 66.1 Å². The molecule has 8 nitrogen and oxygen atoms in total. The van der Waals surface area contributed by atoms with Crippen LogP contribution in [-0.4, -0.2) is 52.7 Å². The zero-order valence-corrected chi connectivity index (χ0v) is 18.0. The van der Waals surface area contributed by atoms with Gasteiger partial charge in [-0.15, -0.1) is 0 Å². The predicted octanol–water partition coefficient (Wildman–Crippen LogP) is 2.50. The number of fused-ring (bicyclic) bond motifs is 1. The fourth-order valence-corrected chi connectivity index (χ4v) is 3.63. The first-order valence-electron chi connectivity index (χ1n) is 9.83. The lowest BCUT2D eigenvalue weighted by atomic mass is 9.85. The normalized spacial score (nSPS) is 13.2. The Morgan fingerprint density at radius 1 is 1.00 bits per heavy atom. The molecule has 0 saturated heterocycles. The molecule has 31 heavy (non-hydrogen) atoms. The Balaban J connectivity index is 1.85. The summed E-state index contributed by atoms with van der Waals surface area (Å²) in [6, 6.07) is 11.0. The molecule has 1 atom stereocenters. The number of rotatable bonds is 7. The topological polar surface area (TPSA) is 94.3 Å². The van der Waals surface area contributed by atoms with Crippen molar-refractivity contribution in [1.29, 1.82) is 0 Å². The molecule has 2 aromatic carbocycles. The van der Waals surface area contributed by atoms with Gasteiger partial charge < -0.3 is 19.9 Å². The van der Waals surface area contributed by atoms with Gasteiger partial charge in [0.1, 0.15) is 17.1 Å². The number of benzene rings is 2. The van der Waals surface area contributed by atoms with Crippen LogP contribution in [0.25, 0.3) is 22.3 Å². The van der Waals surface area contributed by atoms with Gasteiger partial charge in [-0.1, -0.05) is 6.07 Å². The summed E-state index contributed by atoms with van der Waals surface area (Å²) in [5.74, 6) is 1.20. The summed E-state index contributed by atoms with van der Waals surface area (Å²) in [7, 11) is 6.82. The average Bonchev–Trinajstić information content (AvgIpc) is 3.24. The summed E-state index contributed by atoms with van der Waals surface area (Å²) in [6.07, 6.45) is 5.37. The summed E-state index contributed by atoms with van der Waals surface area (Å²) in [6.45, 7) is 0.282. The van der Waals surface area contributed by atoms with Gasteiger partial charge in [0.15, 0.2) is 0 Å². The summed E-state index contributed by atoms with van der Waals surface area (Å²) in [5, 5.41) is 19.1. The molecule has 2 N–H and O–H groups in total. The molecule has 0 saturated carbocycles. The first-order valence-corrected chi connectivity index (χ1v) is 9.83. The van der Waals surface area contributed by atoms with Crippen LogP contribution < -0.4 is 14.8 Å². The number of hydrogen-bond acceptors (Lipinski definition) is 7. The number of hydrogen-bond donors (Lipinski definition) is 2. The van der Waals surface area contributed by atoms with E-state index in [0.29, 0.717) is 28.1 Å². The van der Waals surface area contributed by atoms with Gasteiger partial charge in [-0.2, -0.15) is 5.10 Å². The van der Waals surface area contributed by atoms with E-state index in [0.717, 1.165) is 16.8 Å². The van der Waals surface area contributed by atoms with E-state index in [4.69, 9.17) is 14.5 Å². The molecule has 0 unspecified atom stereocenters. The van der Waals surface area contributed by atoms with E-state index in [1.54, 1.807) is 44.4 Å². The van der Waals surface area contributed by atoms with Crippen molar-refractivity contribution < 1.29 is 14.6 Å². The lowest BCUT2D eigenvalue weighted by molar-refractivity contribution is 0.0819. The lowest BCUT2D eigenvalue weighted by Crippen LogP contribution is -2.37. The lowest BCUT2D eigenvalue weighted by Gasteiger charge is -2.30. The first-order chi connectivity index (χ1) is 15.0. The van der Waals surface area contributed by atoms with Gasteiger partial charge in [0, 0.05) is 31.4 Å². The number of methoxy groups -OCH3 is 2. The highest BCUT2D eigenvalue weighted by atomic mass is 16.5. The summed E-state index contributed by atoms with van der Waals surface area (Å²) >= 11 is 0. The van der Waals surface area contributed by atoms with Crippen molar-refractivity contribution in [2.24, 2.45) is 7.05 Å². The van der Waals surface area contributed by atoms with Crippen LogP contribution in [0.4, 0.5) is 0 Å². The van der Waals surface area contributed by atoms with Crippen molar-refractivity contribution in [3.8, 4) is 22.8 Å². The Morgan fingerprint density at radius 2 is 1.74 bits per heavy atom. The average molecular weight is 419 g/mol. The minimum absolute atomic E-state index is 0.282. The van der Waals surface area contributed by atoms with Gasteiger partial charge in [-0.25, -0.2) is 4.98 Å². The van der Waals surface area contributed by atoms with E-state index in [-0.39, 0.29) is 6.54 Å². The maximum atomic E-state index is 11.8. The fourth-order valence-electron chi connectivity index (χ4n) is 3.63. The number of ether oxygens (including phenoxy) is 2. The maximum absolute atomic E-state index is 11.8. The largest absolute Gasteiger partial charge is 0.497 e. The number of nitrogens with zero attached hydrogens (tertiary/aromatic N) is 4. The molecule has 0 fully saturated rings. The number of nitrogens with one attached hydrogen (secondary N) is 1. The summed E-state index contributed by atoms with van der Waals surface area (Å²) in [5.41, 5.74) is 3.02. The van der Waals surface area contributed by atoms with Crippen LogP contribution in [0.2, 0.25) is 0 Å². The van der Waals surface area contributed by atoms with Gasteiger partial charge in [-0.05, 0) is 42.4 Å². The van der Waals surface area contributed by atoms with Crippen LogP contribution in [0, 0.1) is 0 Å². The maximum Gasteiger partial charge on any atom is 0.127 e. The van der Waals surface area contributed by atoms with E-state index in [9.17, 15) is 5.11 Å². The highest BCUT2D eigenvalue weighted by molar-refractivity contribution is 5.78. The molecule has 160 valence electrons. The van der Waals surface area contributed by atoms with E-state index in [1.165, 1.54) is 0 Å². The molecular weight excluding hydrogens is 394 g/mol. The number of aryl methyl sites for hydroxylation is 1. The Bertz CT molecular complexity index is 1200. The molecule has 2 heterocycles. The highest BCUT2D eigenvalue weighted by Crippen LogP contribution is 2.35. The smallest absolute Gasteiger partial charge is 0.127 e. The monoisotopic (exact) mass is 419 g/mol. The van der Waals surface area contributed by atoms with Crippen LogP contribution in [0.5, 0.6) is 11.5 Å². The van der Waals surface area contributed by atoms with E-state index < -0.39 is 5.60 Å². The highest BCUT2D eigenvalue weighted by Gasteiger charge is 2.32. The molecule has 0 amide bonds. The molecule has 4 rings (SSSR count). The molecular formula is C23H25N5O3. The van der Waals surface area contributed by atoms with Gasteiger partial charge >= 0.3 is 0 Å². The van der Waals surface area contributed by atoms with Crippen LogP contribution in [0.3, 0.4) is 0 Å². The number of likely N-dealkylation sites (N-methyl/N-ethyl adjacent to an activating group) is 1. The van der Waals surface area contributed by atoms with Crippen molar-refractivity contribution >= 4 is 11.0 Å². The zero-order chi connectivity index (χ0) is 22.0. The number of aliphatic hydroxyl groups is 1. The van der Waals surface area contributed by atoms with Crippen LogP contribution in [0.15, 0.2) is 55.0 Å². The second kappa shape index (κ2) is 8.33. The van der Waals surface area contributed by atoms with Crippen LogP contribution >= 0.6 is 0 Å². The SMILES string of the molecule is CNC[C@@](O)(c1cc(OC)cc(OC)c1)c1ccc2ncc(-c3cnn(C)c3)nc2c1. The second-order valence-electron chi connectivity index (χ2n) is 7.35. The van der Waals surface area contributed by atoms with Gasteiger partial charge in [-0.3, -0.25) is 9.67 Å². The molecule has 4 aromatic rings. The van der Waals surface area contributed by atoms with Crippen molar-refractivity contribution in [3.63, 3.8) is 0 Å². The van der Waals surface area contributed by atoms with Gasteiger partial charge in [0.2, 0.25) is 0 Å². The Morgan fingerprint density at radius 3 is 2.35 bits per heavy atom. The van der Waals surface area contributed by atoms with Gasteiger partial charge in [0.05, 0.1) is 43.3 Å². The molecule has 0 spiro atoms. The minimum atomic E-state index is -1.34. The van der Waals surface area contributed by atoms with E-state index in [2.05, 4.69) is 15.4 Å². The molecule has 0 aliphatic carbocycles. The van der Waals surface area contributed by atoms with E-state index >= 15 is 0 Å². The molecule has 2 aromatic heterocycles. The Hall–Kier alpha value is -3.49. The Kier molecular flexibility index (Phi) is 5.58. The van der Waals surface area contributed by atoms with Crippen molar-refractivity contribution in [1.82, 2.24) is 25.1 Å². The fraction of sp³-hybridized carbons (Fsp3) is 0.261. The molecule has 8 heteroatoms. The molecule has 0 aliphatic heterocycles. The second-order valence-corrected chi connectivity index (χ2v) is 7.35. The standard InChI is InChI=1S/C23H25N5O3/c1-24-14-23(29,17-7-18(30-3)10-19(8-17)31-4)16-5-6-20-21(9-16)27-22(12-25-20)15-11-26-28(2)13-15/h5-13,24,29H,14H2,1-4H3/t23-/m0/s1. The molecule has 0 bridgehead atoms. The Labute approximate surface area is 180 Å². The third-order valence-electron chi connectivity index (χ3n) is 5.28. The third kappa shape index (κ3) is 3.95. The van der Waals surface area contributed by atoms with Gasteiger partial charge in [0.25, 0.3) is 0 Å². The zero-order valence-electron chi connectivity index (χ0n) is 18.0. The molecule has 0 radical (unpaired) electrons. The van der Waals surface area contributed by atoms with Crippen LogP contribution in [0.1, 0.15) is 11.1 Å². The summed E-state index contributed by atoms with van der Waals surface area (Å²) in [4.78, 5) is 9.28. The van der Waals surface area contributed by atoms with Crippen molar-refractivity contribution in [2.75, 3.05) is 27.8 Å². The van der Waals surface area contributed by atoms with Crippen molar-refractivity contribution in [2.45, 2.75) is 5.60 Å².